The highest BCUT2D eigenvalue weighted by Crippen LogP contribution is 2.51. The molecule has 0 bridgehead atoms. The molecule has 1 aromatic rings. The summed E-state index contributed by atoms with van der Waals surface area (Å²) in [7, 11) is 3.11. The summed E-state index contributed by atoms with van der Waals surface area (Å²) >= 11 is 0. The predicted octanol–water partition coefficient (Wildman–Crippen LogP) is 0.461. The largest absolute Gasteiger partial charge is 0.508 e. The molecule has 3 aliphatic carbocycles. The summed E-state index contributed by atoms with van der Waals surface area (Å²) in [4.78, 5) is 52.1. The van der Waals surface area contributed by atoms with E-state index in [2.05, 4.69) is 0 Å². The van der Waals surface area contributed by atoms with Gasteiger partial charge in [0.05, 0.1) is 6.04 Å². The van der Waals surface area contributed by atoms with E-state index in [1.807, 2.05) is 0 Å². The van der Waals surface area contributed by atoms with Crippen molar-refractivity contribution in [3.63, 3.8) is 0 Å². The maximum Gasteiger partial charge on any atom is 0.255 e. The van der Waals surface area contributed by atoms with E-state index in [0.29, 0.717) is 16.7 Å². The van der Waals surface area contributed by atoms with Gasteiger partial charge in [-0.15, -0.1) is 0 Å². The highest BCUT2D eigenvalue weighted by atomic mass is 16.3. The van der Waals surface area contributed by atoms with Crippen molar-refractivity contribution >= 4 is 29.0 Å². The highest BCUT2D eigenvalue weighted by Gasteiger charge is 2.64. The van der Waals surface area contributed by atoms with Gasteiger partial charge in [-0.3, -0.25) is 24.1 Å². The van der Waals surface area contributed by atoms with Crippen LogP contribution in [0.25, 0.3) is 5.76 Å². The Hall–Kier alpha value is -3.30. The molecule has 0 unspecified atom stereocenters. The Morgan fingerprint density at radius 1 is 1.19 bits per heavy atom. The second-order valence-electron chi connectivity index (χ2n) is 8.85. The summed E-state index contributed by atoms with van der Waals surface area (Å²) in [6.45, 7) is 1.41. The van der Waals surface area contributed by atoms with Gasteiger partial charge in [0.1, 0.15) is 17.1 Å². The molecule has 32 heavy (non-hydrogen) atoms. The number of hydrogen-bond acceptors (Lipinski definition) is 8. The van der Waals surface area contributed by atoms with Gasteiger partial charge >= 0.3 is 0 Å². The Bertz CT molecular complexity index is 1160. The Kier molecular flexibility index (Phi) is 4.87. The first-order valence-corrected chi connectivity index (χ1v) is 10.2. The topological polar surface area (TPSA) is 158 Å². The summed E-state index contributed by atoms with van der Waals surface area (Å²) < 4.78 is 0. The third-order valence-electron chi connectivity index (χ3n) is 6.89. The second-order valence-corrected chi connectivity index (χ2v) is 8.85. The quantitative estimate of drug-likeness (QED) is 0.390. The number of hydrogen-bond donors (Lipinski definition) is 4. The number of aliphatic hydroxyl groups is 3. The summed E-state index contributed by atoms with van der Waals surface area (Å²) in [5.74, 6) is -6.35. The van der Waals surface area contributed by atoms with Crippen LogP contribution in [-0.4, -0.2) is 69.2 Å². The van der Waals surface area contributed by atoms with Crippen LogP contribution in [0.1, 0.15) is 34.8 Å². The molecular weight excluding hydrogens is 416 g/mol. The molecule has 1 aromatic carbocycles. The van der Waals surface area contributed by atoms with E-state index >= 15 is 0 Å². The number of aliphatic hydroxyl groups excluding tert-OH is 2. The summed E-state index contributed by atoms with van der Waals surface area (Å²) in [6.07, 6.45) is 0.294. The Labute approximate surface area is 183 Å². The molecule has 0 spiro atoms. The van der Waals surface area contributed by atoms with Crippen molar-refractivity contribution < 1.29 is 34.5 Å². The molecule has 4 atom stereocenters. The van der Waals surface area contributed by atoms with E-state index in [9.17, 15) is 34.5 Å². The van der Waals surface area contributed by atoms with Gasteiger partial charge in [0.15, 0.2) is 17.2 Å². The maximum atomic E-state index is 13.6. The molecule has 0 aliphatic heterocycles. The smallest absolute Gasteiger partial charge is 0.255 e. The first-order chi connectivity index (χ1) is 14.9. The fraction of sp³-hybridized carbons (Fsp3) is 0.391. The summed E-state index contributed by atoms with van der Waals surface area (Å²) in [6, 6.07) is 3.69. The average Bonchev–Trinajstić information content (AvgIpc) is 2.70. The Morgan fingerprint density at radius 3 is 2.41 bits per heavy atom. The zero-order chi connectivity index (χ0) is 23.7. The summed E-state index contributed by atoms with van der Waals surface area (Å²) in [5, 5.41) is 33.2. The van der Waals surface area contributed by atoms with E-state index in [0.717, 1.165) is 0 Å². The van der Waals surface area contributed by atoms with Crippen LogP contribution in [0.4, 0.5) is 0 Å². The molecule has 0 aromatic heterocycles. The Balaban J connectivity index is 1.97. The van der Waals surface area contributed by atoms with Crippen LogP contribution in [0, 0.1) is 11.8 Å². The van der Waals surface area contributed by atoms with Crippen LogP contribution in [0.5, 0.6) is 0 Å². The van der Waals surface area contributed by atoms with Crippen LogP contribution in [0.2, 0.25) is 0 Å². The first kappa shape index (κ1) is 21.9. The minimum absolute atomic E-state index is 0.0536. The number of ketones is 3. The SMILES string of the molecule is CC(=O)c1cccc2c1C[C@H]1C[C@H]3[C@H](N(C)C)C(=O)C(C(N)=O)=C(O)[C@@]3(O)C(=O)C1=C2O. The number of carbonyl (C=O) groups is 4. The van der Waals surface area contributed by atoms with Gasteiger partial charge in [0, 0.05) is 22.6 Å². The maximum absolute atomic E-state index is 13.6. The fourth-order valence-electron chi connectivity index (χ4n) is 5.50. The molecule has 3 aliphatic rings. The van der Waals surface area contributed by atoms with E-state index < -0.39 is 52.3 Å². The lowest BCUT2D eigenvalue weighted by Gasteiger charge is -2.50. The lowest BCUT2D eigenvalue weighted by atomic mass is 9.57. The number of rotatable bonds is 3. The second kappa shape index (κ2) is 7.11. The predicted molar refractivity (Wildman–Crippen MR) is 113 cm³/mol. The number of nitrogens with two attached hydrogens (primary N) is 1. The third-order valence-corrected chi connectivity index (χ3v) is 6.89. The molecule has 9 nitrogen and oxygen atoms in total. The van der Waals surface area contributed by atoms with Crippen LogP contribution >= 0.6 is 0 Å². The van der Waals surface area contributed by atoms with E-state index in [1.54, 1.807) is 32.3 Å². The molecule has 4 rings (SSSR count). The molecule has 1 saturated carbocycles. The van der Waals surface area contributed by atoms with Crippen molar-refractivity contribution in [3.8, 4) is 0 Å². The first-order valence-electron chi connectivity index (χ1n) is 10.2. The van der Waals surface area contributed by atoms with Gasteiger partial charge in [-0.25, -0.2) is 0 Å². The zero-order valence-corrected chi connectivity index (χ0v) is 17.9. The normalized spacial score (nSPS) is 29.6. The standard InChI is InChI=1S/C23H24N2O7/c1-9(26)11-5-4-6-12-13(11)7-10-8-14-17(25(2)3)19(28)16(22(24)31)21(30)23(14,32)20(29)15(10)18(12)27/h4-6,10,14,17,27,30,32H,7-8H2,1-3H3,(H2,24,31)/t10-,14-,17-,23-/m0/s1. The molecule has 1 fully saturated rings. The van der Waals surface area contributed by atoms with Gasteiger partial charge in [0.25, 0.3) is 5.91 Å². The number of likely N-dealkylation sites (N-methyl/N-ethyl adjacent to an activating group) is 1. The lowest BCUT2D eigenvalue weighted by molar-refractivity contribution is -0.153. The molecule has 9 heteroatoms. The lowest BCUT2D eigenvalue weighted by Crippen LogP contribution is -2.65. The van der Waals surface area contributed by atoms with Gasteiger partial charge < -0.3 is 21.1 Å². The number of benzene rings is 1. The number of fused-ring (bicyclic) bond motifs is 3. The molecule has 0 saturated heterocycles. The number of Topliss-reactive ketones (excluding diaryl/α,β-unsaturated/α-hetero) is 3. The van der Waals surface area contributed by atoms with Gasteiger partial charge in [-0.2, -0.15) is 0 Å². The number of nitrogens with zero attached hydrogens (tertiary/aromatic N) is 1. The minimum Gasteiger partial charge on any atom is -0.508 e. The molecule has 168 valence electrons. The van der Waals surface area contributed by atoms with Crippen molar-refractivity contribution in [3.05, 3.63) is 51.8 Å². The van der Waals surface area contributed by atoms with E-state index in [1.165, 1.54) is 11.8 Å². The van der Waals surface area contributed by atoms with Crippen molar-refractivity contribution in [1.82, 2.24) is 4.90 Å². The molecule has 5 N–H and O–H groups in total. The molecular formula is C23H24N2O7. The van der Waals surface area contributed by atoms with Crippen molar-refractivity contribution in [1.29, 1.82) is 0 Å². The fourth-order valence-corrected chi connectivity index (χ4v) is 5.50. The monoisotopic (exact) mass is 440 g/mol. The summed E-state index contributed by atoms with van der Waals surface area (Å²) in [5.41, 5.74) is 3.09. The minimum atomic E-state index is -2.59. The van der Waals surface area contributed by atoms with Gasteiger partial charge in [0.2, 0.25) is 5.78 Å². The third kappa shape index (κ3) is 2.71. The van der Waals surface area contributed by atoms with E-state index in [4.69, 9.17) is 5.73 Å². The van der Waals surface area contributed by atoms with Crippen LogP contribution in [-0.2, 0) is 20.8 Å². The van der Waals surface area contributed by atoms with Crippen molar-refractivity contribution in [2.45, 2.75) is 31.4 Å². The highest BCUT2D eigenvalue weighted by molar-refractivity contribution is 6.24. The Morgan fingerprint density at radius 2 is 1.84 bits per heavy atom. The zero-order valence-electron chi connectivity index (χ0n) is 17.9. The molecule has 0 heterocycles. The van der Waals surface area contributed by atoms with Gasteiger partial charge in [-0.05, 0) is 45.3 Å². The van der Waals surface area contributed by atoms with Crippen molar-refractivity contribution in [2.24, 2.45) is 17.6 Å². The van der Waals surface area contributed by atoms with Crippen LogP contribution in [0.15, 0.2) is 35.1 Å². The van der Waals surface area contributed by atoms with Crippen LogP contribution < -0.4 is 5.73 Å². The molecule has 0 radical (unpaired) electrons. The van der Waals surface area contributed by atoms with Gasteiger partial charge in [-0.1, -0.05) is 18.2 Å². The number of amides is 1. The van der Waals surface area contributed by atoms with E-state index in [-0.39, 0.29) is 30.0 Å². The van der Waals surface area contributed by atoms with Crippen LogP contribution in [0.3, 0.4) is 0 Å². The number of primary amides is 1. The number of carbonyl (C=O) groups excluding carboxylic acids is 4. The average molecular weight is 440 g/mol. The van der Waals surface area contributed by atoms with Crippen molar-refractivity contribution in [2.75, 3.05) is 14.1 Å². The molecule has 1 amide bonds.